The third-order valence-electron chi connectivity index (χ3n) is 3.57. The van der Waals surface area contributed by atoms with Gasteiger partial charge >= 0.3 is 23.9 Å². The molecule has 10 nitrogen and oxygen atoms in total. The van der Waals surface area contributed by atoms with Crippen LogP contribution < -0.4 is 0 Å². The van der Waals surface area contributed by atoms with Crippen molar-refractivity contribution in [3.8, 4) is 0 Å². The van der Waals surface area contributed by atoms with Gasteiger partial charge in [-0.25, -0.2) is 14.4 Å². The van der Waals surface area contributed by atoms with Gasteiger partial charge in [0, 0.05) is 7.05 Å². The first kappa shape index (κ1) is 19.8. The van der Waals surface area contributed by atoms with Crippen LogP contribution >= 0.6 is 0 Å². The van der Waals surface area contributed by atoms with Crippen LogP contribution in [-0.4, -0.2) is 75.1 Å². The molecule has 0 spiro atoms. The average molecular weight is 347 g/mol. The quantitative estimate of drug-likeness (QED) is 0.338. The number of hydrogen-bond donors (Lipinski definition) is 0. The van der Waals surface area contributed by atoms with E-state index in [4.69, 9.17) is 14.3 Å². The van der Waals surface area contributed by atoms with Crippen molar-refractivity contribution in [3.63, 3.8) is 0 Å². The van der Waals surface area contributed by atoms with Crippen molar-refractivity contribution in [2.45, 2.75) is 25.5 Å². The molecule has 0 aromatic carbocycles. The second-order valence-corrected chi connectivity index (χ2v) is 4.75. The molecule has 0 aromatic rings. The number of carbonyl (C=O) groups excluding carboxylic acids is 4. The van der Waals surface area contributed by atoms with Crippen LogP contribution in [0, 0.1) is 5.92 Å². The van der Waals surface area contributed by atoms with Crippen LogP contribution in [0.15, 0.2) is 0 Å². The number of likely N-dealkylation sites (N-methyl/N-ethyl adjacent to an activating group) is 1. The number of hydrogen-bond acceptors (Lipinski definition) is 10. The van der Waals surface area contributed by atoms with Gasteiger partial charge in [-0.05, 0) is 13.8 Å². The largest absolute Gasteiger partial charge is 0.467 e. The highest BCUT2D eigenvalue weighted by atomic mass is 16.7. The van der Waals surface area contributed by atoms with E-state index in [0.29, 0.717) is 0 Å². The summed E-state index contributed by atoms with van der Waals surface area (Å²) in [6.07, 6.45) is -1.56. The van der Waals surface area contributed by atoms with Crippen LogP contribution in [-0.2, 0) is 43.0 Å². The number of hydroxylamine groups is 2. The Kier molecular flexibility index (Phi) is 6.67. The lowest BCUT2D eigenvalue weighted by molar-refractivity contribution is -0.208. The van der Waals surface area contributed by atoms with E-state index in [9.17, 15) is 19.2 Å². The van der Waals surface area contributed by atoms with Crippen molar-refractivity contribution in [2.75, 3.05) is 34.5 Å². The Balaban J connectivity index is 3.50. The maximum Gasteiger partial charge on any atom is 0.341 e. The number of rotatable bonds is 6. The van der Waals surface area contributed by atoms with Crippen molar-refractivity contribution in [1.82, 2.24) is 5.06 Å². The summed E-state index contributed by atoms with van der Waals surface area (Å²) in [5, 5.41) is 0.772. The minimum absolute atomic E-state index is 0.0153. The third-order valence-corrected chi connectivity index (χ3v) is 3.57. The van der Waals surface area contributed by atoms with E-state index in [1.165, 1.54) is 14.0 Å². The van der Waals surface area contributed by atoms with Crippen molar-refractivity contribution in [2.24, 2.45) is 5.92 Å². The van der Waals surface area contributed by atoms with Crippen molar-refractivity contribution in [3.05, 3.63) is 0 Å². The summed E-state index contributed by atoms with van der Waals surface area (Å²) in [5.41, 5.74) is -2.33. The Bertz CT molecular complexity index is 502. The van der Waals surface area contributed by atoms with Crippen LogP contribution in [0.25, 0.3) is 0 Å². The second-order valence-electron chi connectivity index (χ2n) is 4.75. The summed E-state index contributed by atoms with van der Waals surface area (Å²) in [7, 11) is 3.26. The highest BCUT2D eigenvalue weighted by Crippen LogP contribution is 2.40. The Morgan fingerprint density at radius 3 is 1.83 bits per heavy atom. The molecular weight excluding hydrogens is 326 g/mol. The maximum atomic E-state index is 12.4. The van der Waals surface area contributed by atoms with E-state index < -0.39 is 41.4 Å². The predicted octanol–water partition coefficient (Wildman–Crippen LogP) is -0.941. The van der Waals surface area contributed by atoms with Crippen LogP contribution in [0.1, 0.15) is 13.8 Å². The zero-order chi connectivity index (χ0) is 18.5. The van der Waals surface area contributed by atoms with E-state index in [1.54, 1.807) is 6.92 Å². The number of ether oxygens (including phenoxy) is 4. The molecule has 0 radical (unpaired) electrons. The molecule has 2 atom stereocenters. The Morgan fingerprint density at radius 1 is 0.958 bits per heavy atom. The van der Waals surface area contributed by atoms with E-state index >= 15 is 0 Å². The SMILES string of the molecule is CCOC(=O)C1ON(C)C(C(=O)OC)(C(=O)OC)C1C(=O)OCC. The molecule has 0 N–H and O–H groups in total. The highest BCUT2D eigenvalue weighted by Gasteiger charge is 2.71. The molecule has 0 saturated carbocycles. The number of carbonyl (C=O) groups is 4. The fourth-order valence-electron chi connectivity index (χ4n) is 2.56. The van der Waals surface area contributed by atoms with Crippen LogP contribution in [0.4, 0.5) is 0 Å². The molecule has 1 saturated heterocycles. The normalized spacial score (nSPS) is 22.5. The molecule has 2 unspecified atom stereocenters. The third kappa shape index (κ3) is 3.06. The van der Waals surface area contributed by atoms with Crippen molar-refractivity contribution >= 4 is 23.9 Å². The molecule has 0 aromatic heterocycles. The molecule has 0 bridgehead atoms. The van der Waals surface area contributed by atoms with Gasteiger partial charge in [-0.15, -0.1) is 0 Å². The highest BCUT2D eigenvalue weighted by molar-refractivity contribution is 6.10. The van der Waals surface area contributed by atoms with Gasteiger partial charge in [0.15, 0.2) is 6.10 Å². The first-order chi connectivity index (χ1) is 11.3. The zero-order valence-corrected chi connectivity index (χ0v) is 14.2. The lowest BCUT2D eigenvalue weighted by Gasteiger charge is -2.31. The van der Waals surface area contributed by atoms with Crippen LogP contribution in [0.5, 0.6) is 0 Å². The topological polar surface area (TPSA) is 118 Å². The Morgan fingerprint density at radius 2 is 1.42 bits per heavy atom. The first-order valence-corrected chi connectivity index (χ1v) is 7.23. The Hall–Kier alpha value is -2.20. The van der Waals surface area contributed by atoms with Crippen LogP contribution in [0.3, 0.4) is 0 Å². The van der Waals surface area contributed by atoms with Gasteiger partial charge in [-0.2, -0.15) is 5.06 Å². The fraction of sp³-hybridized carbons (Fsp3) is 0.714. The van der Waals surface area contributed by atoms with Gasteiger partial charge in [-0.1, -0.05) is 0 Å². The maximum absolute atomic E-state index is 12.4. The summed E-state index contributed by atoms with van der Waals surface area (Å²) in [4.78, 5) is 54.6. The standard InChI is InChI=1S/C14H21NO9/c1-6-22-10(16)8-9(11(17)23-7-2)24-15(3)14(8,12(18)20-4)13(19)21-5/h8-9H,6-7H2,1-5H3. The molecule has 1 rings (SSSR count). The fourth-order valence-corrected chi connectivity index (χ4v) is 2.56. The second kappa shape index (κ2) is 8.06. The molecule has 136 valence electrons. The van der Waals surface area contributed by atoms with Gasteiger partial charge in [0.05, 0.1) is 27.4 Å². The minimum Gasteiger partial charge on any atom is -0.467 e. The zero-order valence-electron chi connectivity index (χ0n) is 14.2. The molecule has 0 aliphatic carbocycles. The average Bonchev–Trinajstić information content (AvgIpc) is 2.88. The monoisotopic (exact) mass is 347 g/mol. The van der Waals surface area contributed by atoms with E-state index in [0.717, 1.165) is 19.3 Å². The van der Waals surface area contributed by atoms with E-state index in [2.05, 4.69) is 9.47 Å². The van der Waals surface area contributed by atoms with Gasteiger partial charge in [0.2, 0.25) is 0 Å². The van der Waals surface area contributed by atoms with Crippen LogP contribution in [0.2, 0.25) is 0 Å². The molecule has 10 heteroatoms. The molecule has 24 heavy (non-hydrogen) atoms. The molecule has 0 amide bonds. The van der Waals surface area contributed by atoms with Crippen molar-refractivity contribution < 1.29 is 43.0 Å². The van der Waals surface area contributed by atoms with E-state index in [-0.39, 0.29) is 13.2 Å². The molecule has 1 aliphatic rings. The summed E-state index contributed by atoms with van der Waals surface area (Å²) < 4.78 is 19.1. The molecular formula is C14H21NO9. The number of esters is 4. The Labute approximate surface area is 138 Å². The molecule has 1 heterocycles. The van der Waals surface area contributed by atoms with Gasteiger partial charge < -0.3 is 18.9 Å². The summed E-state index contributed by atoms with van der Waals surface area (Å²) in [6.45, 7) is 3.08. The predicted molar refractivity (Wildman–Crippen MR) is 76.2 cm³/mol. The van der Waals surface area contributed by atoms with E-state index in [1.807, 2.05) is 0 Å². The molecule has 1 aliphatic heterocycles. The summed E-state index contributed by atoms with van der Waals surface area (Å²) >= 11 is 0. The summed E-state index contributed by atoms with van der Waals surface area (Å²) in [5.74, 6) is -5.81. The van der Waals surface area contributed by atoms with Gasteiger partial charge in [0.25, 0.3) is 5.54 Å². The smallest absolute Gasteiger partial charge is 0.341 e. The lowest BCUT2D eigenvalue weighted by atomic mass is 9.80. The van der Waals surface area contributed by atoms with Crippen molar-refractivity contribution in [1.29, 1.82) is 0 Å². The number of methoxy groups -OCH3 is 2. The lowest BCUT2D eigenvalue weighted by Crippen LogP contribution is -2.62. The summed E-state index contributed by atoms with van der Waals surface area (Å²) in [6, 6.07) is 0. The first-order valence-electron chi connectivity index (χ1n) is 7.23. The number of nitrogens with zero attached hydrogens (tertiary/aromatic N) is 1. The molecule has 1 fully saturated rings. The minimum atomic E-state index is -2.33. The van der Waals surface area contributed by atoms with Gasteiger partial charge in [-0.3, -0.25) is 9.63 Å². The van der Waals surface area contributed by atoms with Gasteiger partial charge in [0.1, 0.15) is 5.92 Å².